The lowest BCUT2D eigenvalue weighted by atomic mass is 10.1. The van der Waals surface area contributed by atoms with Gasteiger partial charge in [-0.25, -0.2) is 18.3 Å². The highest BCUT2D eigenvalue weighted by molar-refractivity contribution is 6.35. The lowest BCUT2D eigenvalue weighted by Crippen LogP contribution is -2.32. The molecular formula is C18H15ClF2N6O2. The molecule has 0 radical (unpaired) electrons. The average molecular weight is 421 g/mol. The molecule has 0 bridgehead atoms. The summed E-state index contributed by atoms with van der Waals surface area (Å²) in [7, 11) is 0. The number of hydrogen-bond donors (Lipinski definition) is 4. The Hall–Kier alpha value is -3.53. The number of carbonyl (C=O) groups excluding carboxylic acids is 1. The molecule has 2 heterocycles. The summed E-state index contributed by atoms with van der Waals surface area (Å²) in [5.74, 6) is -1.84. The van der Waals surface area contributed by atoms with Crippen molar-refractivity contribution in [2.24, 2.45) is 0 Å². The van der Waals surface area contributed by atoms with Crippen LogP contribution in [0.3, 0.4) is 0 Å². The Kier molecular flexibility index (Phi) is 5.74. The Labute approximate surface area is 167 Å². The third-order valence-corrected chi connectivity index (χ3v) is 4.23. The fraction of sp³-hybridized carbons (Fsp3) is 0.111. The summed E-state index contributed by atoms with van der Waals surface area (Å²) in [4.78, 5) is 26.5. The molecule has 0 unspecified atom stereocenters. The number of nitrogens with one attached hydrogen (secondary N) is 4. The van der Waals surface area contributed by atoms with E-state index in [-0.39, 0.29) is 27.2 Å². The molecule has 4 N–H and O–H groups in total. The highest BCUT2D eigenvalue weighted by Gasteiger charge is 2.23. The number of aromatic nitrogens is 3. The molecule has 3 aromatic rings. The zero-order valence-corrected chi connectivity index (χ0v) is 15.8. The Morgan fingerprint density at radius 3 is 2.69 bits per heavy atom. The van der Waals surface area contributed by atoms with Crippen molar-refractivity contribution in [2.75, 3.05) is 6.54 Å². The van der Waals surface area contributed by atoms with Gasteiger partial charge < -0.3 is 21.0 Å². The Bertz CT molecular complexity index is 1180. The smallest absolute Gasteiger partial charge is 0.318 e. The first-order chi connectivity index (χ1) is 13.9. The van der Waals surface area contributed by atoms with Crippen molar-refractivity contribution in [3.8, 4) is 5.69 Å². The van der Waals surface area contributed by atoms with Gasteiger partial charge in [0.05, 0.1) is 10.4 Å². The number of hydrogen-bond acceptors (Lipinski definition) is 4. The Morgan fingerprint density at radius 1 is 1.38 bits per heavy atom. The molecule has 0 aliphatic rings. The summed E-state index contributed by atoms with van der Waals surface area (Å²) in [5, 5.41) is 16.6. The van der Waals surface area contributed by atoms with E-state index in [2.05, 4.69) is 20.7 Å². The van der Waals surface area contributed by atoms with Crippen molar-refractivity contribution in [2.45, 2.75) is 6.92 Å². The first-order valence-electron chi connectivity index (χ1n) is 8.38. The van der Waals surface area contributed by atoms with E-state index in [4.69, 9.17) is 17.0 Å². The number of halogens is 3. The maximum atomic E-state index is 14.4. The van der Waals surface area contributed by atoms with Crippen molar-refractivity contribution in [1.29, 1.82) is 5.41 Å². The third-order valence-electron chi connectivity index (χ3n) is 3.94. The standard InChI is InChI=1S/C18H15ClF2N6O2/c1-2-23-18(29)25-7-9(6-22)14-13-15(10(19)8-24-17(13)28)27(26-14)16-11(20)4-3-5-12(16)21/h3-8,22H,2H2,1H3,(H,24,28)(H2,23,25,29)/b9-7+,22-6?. The zero-order valence-electron chi connectivity index (χ0n) is 15.0. The molecule has 0 fully saturated rings. The molecule has 0 aliphatic carbocycles. The molecule has 0 aliphatic heterocycles. The van der Waals surface area contributed by atoms with E-state index in [1.807, 2.05) is 0 Å². The summed E-state index contributed by atoms with van der Waals surface area (Å²) in [6, 6.07) is 2.73. The van der Waals surface area contributed by atoms with Crippen LogP contribution >= 0.6 is 11.6 Å². The SMILES string of the molecule is CCNC(=O)N/C=C(\C=N)c1nn(-c2c(F)cccc2F)c2c(Cl)c[nH]c(=O)c12. The van der Waals surface area contributed by atoms with Crippen LogP contribution in [-0.2, 0) is 0 Å². The molecule has 0 spiro atoms. The van der Waals surface area contributed by atoms with Gasteiger partial charge in [-0.1, -0.05) is 17.7 Å². The summed E-state index contributed by atoms with van der Waals surface area (Å²) < 4.78 is 29.6. The molecule has 3 rings (SSSR count). The first-order valence-corrected chi connectivity index (χ1v) is 8.76. The number of pyridine rings is 1. The molecule has 1 aromatic carbocycles. The van der Waals surface area contributed by atoms with E-state index >= 15 is 0 Å². The highest BCUT2D eigenvalue weighted by atomic mass is 35.5. The van der Waals surface area contributed by atoms with E-state index < -0.39 is 28.9 Å². The summed E-state index contributed by atoms with van der Waals surface area (Å²) in [6.45, 7) is 2.10. The van der Waals surface area contributed by atoms with Crippen molar-refractivity contribution in [1.82, 2.24) is 25.4 Å². The van der Waals surface area contributed by atoms with Crippen LogP contribution in [0.5, 0.6) is 0 Å². The maximum Gasteiger partial charge on any atom is 0.318 e. The number of aromatic amines is 1. The minimum Gasteiger partial charge on any atom is -0.338 e. The van der Waals surface area contributed by atoms with Gasteiger partial charge in [0.15, 0.2) is 11.6 Å². The number of H-pyrrole nitrogens is 1. The number of benzene rings is 1. The van der Waals surface area contributed by atoms with Crippen molar-refractivity contribution < 1.29 is 13.6 Å². The second-order valence-electron chi connectivity index (χ2n) is 5.77. The lowest BCUT2D eigenvalue weighted by Gasteiger charge is -2.07. The van der Waals surface area contributed by atoms with E-state index in [0.29, 0.717) is 6.54 Å². The molecule has 0 atom stereocenters. The van der Waals surface area contributed by atoms with Crippen LogP contribution in [0.4, 0.5) is 13.6 Å². The minimum absolute atomic E-state index is 0.0120. The van der Waals surface area contributed by atoms with Gasteiger partial charge in [0.1, 0.15) is 16.9 Å². The van der Waals surface area contributed by atoms with E-state index in [0.717, 1.165) is 29.2 Å². The largest absolute Gasteiger partial charge is 0.338 e. The van der Waals surface area contributed by atoms with Gasteiger partial charge in [-0.05, 0) is 19.1 Å². The maximum absolute atomic E-state index is 14.4. The number of amides is 2. The molecule has 0 saturated carbocycles. The second-order valence-corrected chi connectivity index (χ2v) is 6.18. The number of fused-ring (bicyclic) bond motifs is 1. The zero-order chi connectivity index (χ0) is 21.1. The minimum atomic E-state index is -0.918. The van der Waals surface area contributed by atoms with Gasteiger partial charge in [-0.3, -0.25) is 4.79 Å². The molecule has 8 nitrogen and oxygen atoms in total. The van der Waals surface area contributed by atoms with Crippen LogP contribution in [0.2, 0.25) is 5.02 Å². The van der Waals surface area contributed by atoms with Gasteiger partial charge in [0.2, 0.25) is 0 Å². The van der Waals surface area contributed by atoms with E-state index in [1.54, 1.807) is 6.92 Å². The molecule has 29 heavy (non-hydrogen) atoms. The third kappa shape index (κ3) is 3.74. The van der Waals surface area contributed by atoms with Crippen LogP contribution in [0.25, 0.3) is 22.2 Å². The summed E-state index contributed by atoms with van der Waals surface area (Å²) in [6.07, 6.45) is 3.17. The number of urea groups is 1. The van der Waals surface area contributed by atoms with Crippen molar-refractivity contribution in [3.63, 3.8) is 0 Å². The number of rotatable bonds is 5. The second kappa shape index (κ2) is 8.23. The number of carbonyl (C=O) groups is 1. The number of nitrogens with zero attached hydrogens (tertiary/aromatic N) is 2. The van der Waals surface area contributed by atoms with E-state index in [9.17, 15) is 18.4 Å². The van der Waals surface area contributed by atoms with Crippen LogP contribution in [0.1, 0.15) is 12.6 Å². The first kappa shape index (κ1) is 20.2. The van der Waals surface area contributed by atoms with Gasteiger partial charge >= 0.3 is 6.03 Å². The van der Waals surface area contributed by atoms with Gasteiger partial charge in [0, 0.05) is 30.7 Å². The molecule has 2 aromatic heterocycles. The van der Waals surface area contributed by atoms with Gasteiger partial charge in [0.25, 0.3) is 5.56 Å². The topological polar surface area (TPSA) is 116 Å². The highest BCUT2D eigenvalue weighted by Crippen LogP contribution is 2.30. The summed E-state index contributed by atoms with van der Waals surface area (Å²) in [5.41, 5.74) is -1.27. The predicted octanol–water partition coefficient (Wildman–Crippen LogP) is 2.95. The fourth-order valence-corrected chi connectivity index (χ4v) is 2.94. The normalized spacial score (nSPS) is 11.5. The Morgan fingerprint density at radius 2 is 2.07 bits per heavy atom. The lowest BCUT2D eigenvalue weighted by molar-refractivity contribution is 0.244. The predicted molar refractivity (Wildman–Crippen MR) is 106 cm³/mol. The average Bonchev–Trinajstić information content (AvgIpc) is 3.07. The monoisotopic (exact) mass is 420 g/mol. The van der Waals surface area contributed by atoms with E-state index in [1.165, 1.54) is 12.3 Å². The van der Waals surface area contributed by atoms with Crippen LogP contribution < -0.4 is 16.2 Å². The van der Waals surface area contributed by atoms with Crippen LogP contribution in [-0.4, -0.2) is 33.6 Å². The van der Waals surface area contributed by atoms with Gasteiger partial charge in [-0.15, -0.1) is 0 Å². The quantitative estimate of drug-likeness (QED) is 0.475. The molecule has 11 heteroatoms. The molecule has 2 amide bonds. The fourth-order valence-electron chi connectivity index (χ4n) is 2.71. The molecular weight excluding hydrogens is 406 g/mol. The van der Waals surface area contributed by atoms with Crippen LogP contribution in [0.15, 0.2) is 35.4 Å². The van der Waals surface area contributed by atoms with Crippen molar-refractivity contribution >= 4 is 40.3 Å². The Balaban J connectivity index is 2.31. The molecule has 150 valence electrons. The summed E-state index contributed by atoms with van der Waals surface area (Å²) >= 11 is 6.19. The number of para-hydroxylation sites is 1. The molecule has 0 saturated heterocycles. The number of allylic oxidation sites excluding steroid dienone is 1. The van der Waals surface area contributed by atoms with Gasteiger partial charge in [-0.2, -0.15) is 5.10 Å². The van der Waals surface area contributed by atoms with Crippen molar-refractivity contribution in [3.05, 3.63) is 63.3 Å². The van der Waals surface area contributed by atoms with Crippen LogP contribution in [0, 0.1) is 17.0 Å².